The molecule has 0 aliphatic heterocycles. The predicted octanol–water partition coefficient (Wildman–Crippen LogP) is 2.97. The molecule has 0 aromatic rings. The van der Waals surface area contributed by atoms with Gasteiger partial charge in [0.2, 0.25) is 0 Å². The van der Waals surface area contributed by atoms with Crippen molar-refractivity contribution in [1.82, 2.24) is 0 Å². The smallest absolute Gasteiger partial charge is 0.0414 e. The number of hydrogen-bond acceptors (Lipinski definition) is 4. The van der Waals surface area contributed by atoms with Gasteiger partial charge in [0.15, 0.2) is 0 Å². The van der Waals surface area contributed by atoms with E-state index in [0.29, 0.717) is 0 Å². The Morgan fingerprint density at radius 2 is 0.960 bits per heavy atom. The molecule has 0 atom stereocenters. The molecule has 0 amide bonds. The largest absolute Gasteiger partial charge is 0.550 e. The minimum absolute atomic E-state index is 0. The van der Waals surface area contributed by atoms with E-state index in [1.807, 2.05) is 0 Å². The maximum atomic E-state index is 10.1. The van der Waals surface area contributed by atoms with Gasteiger partial charge >= 0.3 is 0 Å². The molecular weight excluding hydrogens is 368 g/mol. The van der Waals surface area contributed by atoms with Crippen molar-refractivity contribution in [2.45, 2.75) is 103 Å². The van der Waals surface area contributed by atoms with Crippen LogP contribution in [0.4, 0.5) is 0 Å². The summed E-state index contributed by atoms with van der Waals surface area (Å²) in [5.41, 5.74) is 0. The molecule has 0 N–H and O–H groups in total. The monoisotopic (exact) mass is 401 g/mol. The van der Waals surface area contributed by atoms with E-state index in [2.05, 4.69) is 0 Å². The van der Waals surface area contributed by atoms with E-state index in [9.17, 15) is 19.8 Å². The molecule has 0 bridgehead atoms. The predicted molar refractivity (Wildman–Crippen MR) is 90.9 cm³/mol. The number of carbonyl (C=O) groups is 2. The minimum atomic E-state index is -0.897. The van der Waals surface area contributed by atoms with Gasteiger partial charge in [-0.3, -0.25) is 0 Å². The normalized spacial score (nSPS) is 18.6. The van der Waals surface area contributed by atoms with Gasteiger partial charge in [-0.2, -0.15) is 0 Å². The van der Waals surface area contributed by atoms with Crippen LogP contribution >= 0.6 is 0 Å². The number of carboxylic acids is 2. The number of carboxylic acid groups (broad SMARTS) is 2. The molecule has 0 aromatic heterocycles. The zero-order valence-electron chi connectivity index (χ0n) is 15.4. The van der Waals surface area contributed by atoms with Crippen molar-refractivity contribution in [2.24, 2.45) is 11.8 Å². The summed E-state index contributed by atoms with van der Waals surface area (Å²) in [4.78, 5) is 20.3. The fraction of sp³-hybridized carbons (Fsp3) is 0.900. The minimum Gasteiger partial charge on any atom is -0.550 e. The van der Waals surface area contributed by atoms with Crippen molar-refractivity contribution >= 4 is 11.9 Å². The third-order valence-electron chi connectivity index (χ3n) is 5.44. The van der Waals surface area contributed by atoms with Crippen LogP contribution in [-0.2, 0) is 26.7 Å². The van der Waals surface area contributed by atoms with Gasteiger partial charge in [-0.25, -0.2) is 0 Å². The van der Waals surface area contributed by atoms with Crippen LogP contribution in [0.3, 0.4) is 0 Å². The van der Waals surface area contributed by atoms with Crippen molar-refractivity contribution < 1.29 is 36.9 Å². The summed E-state index contributed by atoms with van der Waals surface area (Å²) in [6.07, 6.45) is 17.7. The molecule has 5 heteroatoms. The first-order chi connectivity index (χ1) is 11.6. The fourth-order valence-corrected chi connectivity index (χ4v) is 4.02. The first kappa shape index (κ1) is 24.5. The SMILES string of the molecule is O=C([O-])CCCC1CCCCC1.O=C([O-])CCCC1CCCCC1.[Cu]. The van der Waals surface area contributed by atoms with Crippen LogP contribution in [0.25, 0.3) is 0 Å². The van der Waals surface area contributed by atoms with Crippen molar-refractivity contribution in [1.29, 1.82) is 0 Å². The summed E-state index contributed by atoms with van der Waals surface area (Å²) in [6, 6.07) is 0. The Morgan fingerprint density at radius 3 is 1.24 bits per heavy atom. The van der Waals surface area contributed by atoms with Crippen LogP contribution < -0.4 is 10.2 Å². The zero-order chi connectivity index (χ0) is 17.6. The summed E-state index contributed by atoms with van der Waals surface area (Å²) in [5.74, 6) is -0.187. The van der Waals surface area contributed by atoms with Gasteiger partial charge in [-0.1, -0.05) is 77.0 Å². The van der Waals surface area contributed by atoms with E-state index in [0.717, 1.165) is 37.5 Å². The Balaban J connectivity index is 0.000000443. The maximum absolute atomic E-state index is 10.1. The van der Waals surface area contributed by atoms with E-state index >= 15 is 0 Å². The summed E-state index contributed by atoms with van der Waals surface area (Å²) in [6.45, 7) is 0. The van der Waals surface area contributed by atoms with Crippen molar-refractivity contribution in [3.8, 4) is 0 Å². The third-order valence-corrected chi connectivity index (χ3v) is 5.44. The number of carbonyl (C=O) groups excluding carboxylic acids is 2. The standard InChI is InChI=1S/2C10H18O2.Cu/c2*11-10(12)8-4-7-9-5-2-1-3-6-9;/h2*9H,1-8H2,(H,11,12);/p-2. The van der Waals surface area contributed by atoms with E-state index in [1.165, 1.54) is 64.2 Å². The van der Waals surface area contributed by atoms with Crippen LogP contribution in [0, 0.1) is 11.8 Å². The average molecular weight is 402 g/mol. The van der Waals surface area contributed by atoms with Crippen LogP contribution in [0.2, 0.25) is 0 Å². The van der Waals surface area contributed by atoms with E-state index in [4.69, 9.17) is 0 Å². The molecule has 0 spiro atoms. The molecule has 25 heavy (non-hydrogen) atoms. The Hall–Kier alpha value is -0.541. The Morgan fingerprint density at radius 1 is 0.640 bits per heavy atom. The Kier molecular flexibility index (Phi) is 15.4. The summed E-state index contributed by atoms with van der Waals surface area (Å²) < 4.78 is 0. The first-order valence-electron chi connectivity index (χ1n) is 9.97. The van der Waals surface area contributed by atoms with Gasteiger partial charge in [0.05, 0.1) is 0 Å². The summed E-state index contributed by atoms with van der Waals surface area (Å²) >= 11 is 0. The summed E-state index contributed by atoms with van der Waals surface area (Å²) in [5, 5.41) is 20.3. The van der Waals surface area contributed by atoms with Gasteiger partial charge in [-0.05, 0) is 37.5 Å². The molecule has 0 saturated heterocycles. The van der Waals surface area contributed by atoms with E-state index < -0.39 is 11.9 Å². The molecule has 2 aliphatic carbocycles. The molecule has 4 nitrogen and oxygen atoms in total. The van der Waals surface area contributed by atoms with Gasteiger partial charge < -0.3 is 19.8 Å². The molecule has 2 aliphatic rings. The molecule has 2 saturated carbocycles. The first-order valence-corrected chi connectivity index (χ1v) is 9.97. The van der Waals surface area contributed by atoms with Crippen LogP contribution in [-0.4, -0.2) is 11.9 Å². The number of hydrogen-bond donors (Lipinski definition) is 0. The second-order valence-corrected chi connectivity index (χ2v) is 7.54. The maximum Gasteiger partial charge on any atom is 0.0414 e. The van der Waals surface area contributed by atoms with Gasteiger partial charge in [0, 0.05) is 29.0 Å². The molecule has 2 fully saturated rings. The third kappa shape index (κ3) is 14.3. The van der Waals surface area contributed by atoms with E-state index in [1.54, 1.807) is 0 Å². The van der Waals surface area contributed by atoms with Crippen LogP contribution in [0.5, 0.6) is 0 Å². The number of rotatable bonds is 8. The second-order valence-electron chi connectivity index (χ2n) is 7.54. The molecule has 0 heterocycles. The molecule has 1 radical (unpaired) electrons. The average Bonchev–Trinajstić information content (AvgIpc) is 2.57. The molecule has 2 rings (SSSR count). The van der Waals surface area contributed by atoms with Crippen LogP contribution in [0.15, 0.2) is 0 Å². The summed E-state index contributed by atoms with van der Waals surface area (Å²) in [7, 11) is 0. The molecule has 151 valence electrons. The fourth-order valence-electron chi connectivity index (χ4n) is 4.02. The Bertz CT molecular complexity index is 314. The van der Waals surface area contributed by atoms with Gasteiger partial charge in [0.1, 0.15) is 0 Å². The second kappa shape index (κ2) is 15.7. The zero-order valence-corrected chi connectivity index (χ0v) is 16.3. The van der Waals surface area contributed by atoms with Crippen molar-refractivity contribution in [2.75, 3.05) is 0 Å². The molecular formula is C20H34CuO4-2. The topological polar surface area (TPSA) is 80.3 Å². The van der Waals surface area contributed by atoms with Gasteiger partial charge in [0.25, 0.3) is 0 Å². The van der Waals surface area contributed by atoms with Crippen molar-refractivity contribution in [3.63, 3.8) is 0 Å². The molecule has 0 unspecified atom stereocenters. The molecule has 0 aromatic carbocycles. The van der Waals surface area contributed by atoms with Crippen LogP contribution in [0.1, 0.15) is 103 Å². The van der Waals surface area contributed by atoms with Gasteiger partial charge in [-0.15, -0.1) is 0 Å². The van der Waals surface area contributed by atoms with Crippen molar-refractivity contribution in [3.05, 3.63) is 0 Å². The van der Waals surface area contributed by atoms with E-state index in [-0.39, 0.29) is 29.9 Å². The Labute approximate surface area is 163 Å². The quantitative estimate of drug-likeness (QED) is 0.585. The number of aliphatic carboxylic acids is 2.